The summed E-state index contributed by atoms with van der Waals surface area (Å²) in [5, 5.41) is 4.66. The Hall–Kier alpha value is -2.63. The van der Waals surface area contributed by atoms with E-state index in [0.717, 1.165) is 25.9 Å². The molecule has 4 rings (SSSR count). The molecule has 0 atom stereocenters. The van der Waals surface area contributed by atoms with E-state index >= 15 is 0 Å². The van der Waals surface area contributed by atoms with Crippen LogP contribution in [0.5, 0.6) is 0 Å². The van der Waals surface area contributed by atoms with Gasteiger partial charge >= 0.3 is 0 Å². The quantitative estimate of drug-likeness (QED) is 0.725. The topological polar surface area (TPSA) is 72.4 Å². The molecule has 1 fully saturated rings. The van der Waals surface area contributed by atoms with Crippen LogP contribution in [0.25, 0.3) is 22.6 Å². The van der Waals surface area contributed by atoms with Crippen LogP contribution in [0.4, 0.5) is 0 Å². The van der Waals surface area contributed by atoms with E-state index in [2.05, 4.69) is 10.1 Å². The lowest BCUT2D eigenvalue weighted by atomic mass is 10.1. The monoisotopic (exact) mass is 311 g/mol. The van der Waals surface area contributed by atoms with Gasteiger partial charge in [-0.3, -0.25) is 4.79 Å². The van der Waals surface area contributed by atoms with Crippen LogP contribution in [0.2, 0.25) is 0 Å². The number of piperidine rings is 1. The molecule has 0 radical (unpaired) electrons. The van der Waals surface area contributed by atoms with E-state index in [1.54, 1.807) is 18.4 Å². The molecule has 3 aromatic heterocycles. The highest BCUT2D eigenvalue weighted by molar-refractivity contribution is 6.06. The number of fused-ring (bicyclic) bond motifs is 1. The van der Waals surface area contributed by atoms with Gasteiger partial charge in [-0.25, -0.2) is 4.98 Å². The van der Waals surface area contributed by atoms with Gasteiger partial charge in [-0.2, -0.15) is 0 Å². The van der Waals surface area contributed by atoms with Gasteiger partial charge in [-0.15, -0.1) is 0 Å². The number of likely N-dealkylation sites (tertiary alicyclic amines) is 1. The predicted molar refractivity (Wildman–Crippen MR) is 84.0 cm³/mol. The summed E-state index contributed by atoms with van der Waals surface area (Å²) in [6, 6.07) is 5.38. The maximum absolute atomic E-state index is 13.0. The molecule has 4 heterocycles. The third-order valence-electron chi connectivity index (χ3n) is 4.26. The molecule has 0 saturated carbocycles. The molecule has 0 aliphatic carbocycles. The van der Waals surface area contributed by atoms with E-state index in [0.29, 0.717) is 33.8 Å². The van der Waals surface area contributed by atoms with E-state index in [1.165, 1.54) is 6.42 Å². The van der Waals surface area contributed by atoms with Crippen LogP contribution in [-0.2, 0) is 0 Å². The minimum Gasteiger partial charge on any atom is -0.463 e. The number of aromatic nitrogens is 2. The highest BCUT2D eigenvalue weighted by atomic mass is 16.5. The first-order valence-corrected chi connectivity index (χ1v) is 7.84. The first-order chi connectivity index (χ1) is 11.2. The van der Waals surface area contributed by atoms with Crippen molar-refractivity contribution in [1.82, 2.24) is 15.0 Å². The highest BCUT2D eigenvalue weighted by Gasteiger charge is 2.24. The minimum absolute atomic E-state index is 0.0104. The fraction of sp³-hybridized carbons (Fsp3) is 0.353. The van der Waals surface area contributed by atoms with E-state index in [4.69, 9.17) is 8.94 Å². The fourth-order valence-corrected chi connectivity index (χ4v) is 3.08. The number of hydrogen-bond acceptors (Lipinski definition) is 5. The van der Waals surface area contributed by atoms with Gasteiger partial charge in [-0.05, 0) is 44.4 Å². The van der Waals surface area contributed by atoms with Crippen molar-refractivity contribution in [2.75, 3.05) is 13.1 Å². The third kappa shape index (κ3) is 2.40. The maximum Gasteiger partial charge on any atom is 0.259 e. The molecule has 23 heavy (non-hydrogen) atoms. The summed E-state index contributed by atoms with van der Waals surface area (Å²) in [4.78, 5) is 19.3. The lowest BCUT2D eigenvalue weighted by molar-refractivity contribution is 0.0726. The Morgan fingerprint density at radius 1 is 1.26 bits per heavy atom. The lowest BCUT2D eigenvalue weighted by Gasteiger charge is -2.27. The Morgan fingerprint density at radius 2 is 2.09 bits per heavy atom. The van der Waals surface area contributed by atoms with Crippen LogP contribution in [-0.4, -0.2) is 34.0 Å². The van der Waals surface area contributed by atoms with Gasteiger partial charge in [0.05, 0.1) is 22.9 Å². The molecule has 118 valence electrons. The molecule has 1 saturated heterocycles. The summed E-state index contributed by atoms with van der Waals surface area (Å²) < 4.78 is 10.7. The van der Waals surface area contributed by atoms with Crippen LogP contribution in [0, 0.1) is 6.92 Å². The van der Waals surface area contributed by atoms with Crippen molar-refractivity contribution in [3.05, 3.63) is 35.7 Å². The number of rotatable bonds is 2. The average molecular weight is 311 g/mol. The molecule has 0 bridgehead atoms. The summed E-state index contributed by atoms with van der Waals surface area (Å²) in [5.74, 6) is 0.616. The van der Waals surface area contributed by atoms with Crippen molar-refractivity contribution in [3.8, 4) is 11.5 Å². The molecule has 1 aliphatic rings. The van der Waals surface area contributed by atoms with Crippen LogP contribution < -0.4 is 0 Å². The molecule has 0 aromatic carbocycles. The number of hydrogen-bond donors (Lipinski definition) is 0. The molecule has 0 N–H and O–H groups in total. The molecule has 1 amide bonds. The van der Waals surface area contributed by atoms with Gasteiger partial charge in [0.15, 0.2) is 5.76 Å². The Labute approximate surface area is 133 Å². The van der Waals surface area contributed by atoms with Gasteiger partial charge in [0, 0.05) is 13.1 Å². The van der Waals surface area contributed by atoms with Gasteiger partial charge in [-0.1, -0.05) is 5.16 Å². The Kier molecular flexibility index (Phi) is 3.37. The summed E-state index contributed by atoms with van der Waals surface area (Å²) in [6.45, 7) is 3.42. The predicted octanol–water partition coefficient (Wildman–Crippen LogP) is 3.42. The second kappa shape index (κ2) is 5.53. The molecule has 6 nitrogen and oxygen atoms in total. The molecule has 6 heteroatoms. The number of aryl methyl sites for hydroxylation is 1. The fourth-order valence-electron chi connectivity index (χ4n) is 3.08. The molecular formula is C17H17N3O3. The first-order valence-electron chi connectivity index (χ1n) is 7.84. The van der Waals surface area contributed by atoms with E-state index < -0.39 is 0 Å². The van der Waals surface area contributed by atoms with Crippen molar-refractivity contribution in [3.63, 3.8) is 0 Å². The van der Waals surface area contributed by atoms with Crippen LogP contribution >= 0.6 is 0 Å². The SMILES string of the molecule is Cc1noc2nc(-c3ccco3)cc(C(=O)N3CCCCC3)c12. The van der Waals surface area contributed by atoms with Gasteiger partial charge in [0.2, 0.25) is 0 Å². The van der Waals surface area contributed by atoms with E-state index in [1.807, 2.05) is 17.9 Å². The third-order valence-corrected chi connectivity index (χ3v) is 4.26. The standard InChI is InChI=1S/C17H17N3O3/c1-11-15-12(17(21)20-7-3-2-4-8-20)10-13(14-6-5-9-22-14)18-16(15)23-19-11/h5-6,9-10H,2-4,7-8H2,1H3. The summed E-state index contributed by atoms with van der Waals surface area (Å²) in [5.41, 5.74) is 2.22. The van der Waals surface area contributed by atoms with Crippen molar-refractivity contribution >= 4 is 17.0 Å². The number of carbonyl (C=O) groups excluding carboxylic acids is 1. The summed E-state index contributed by atoms with van der Waals surface area (Å²) >= 11 is 0. The van der Waals surface area contributed by atoms with Crippen LogP contribution in [0.3, 0.4) is 0 Å². The Balaban J connectivity index is 1.85. The first kappa shape index (κ1) is 14.0. The van der Waals surface area contributed by atoms with Crippen molar-refractivity contribution in [2.45, 2.75) is 26.2 Å². The Morgan fingerprint density at radius 3 is 2.83 bits per heavy atom. The second-order valence-electron chi connectivity index (χ2n) is 5.83. The van der Waals surface area contributed by atoms with Crippen molar-refractivity contribution in [2.24, 2.45) is 0 Å². The largest absolute Gasteiger partial charge is 0.463 e. The summed E-state index contributed by atoms with van der Waals surface area (Å²) in [6.07, 6.45) is 4.86. The molecule has 3 aromatic rings. The molecule has 1 aliphatic heterocycles. The molecule has 0 unspecified atom stereocenters. The molecule has 0 spiro atoms. The Bertz CT molecular complexity index is 845. The van der Waals surface area contributed by atoms with Gasteiger partial charge in [0.1, 0.15) is 5.69 Å². The van der Waals surface area contributed by atoms with Crippen LogP contribution in [0.1, 0.15) is 35.3 Å². The normalized spacial score (nSPS) is 15.3. The average Bonchev–Trinajstić information content (AvgIpc) is 3.25. The van der Waals surface area contributed by atoms with Gasteiger partial charge in [0.25, 0.3) is 11.6 Å². The molecular weight excluding hydrogens is 294 g/mol. The summed E-state index contributed by atoms with van der Waals surface area (Å²) in [7, 11) is 0. The smallest absolute Gasteiger partial charge is 0.259 e. The van der Waals surface area contributed by atoms with Crippen molar-refractivity contribution < 1.29 is 13.7 Å². The van der Waals surface area contributed by atoms with E-state index in [-0.39, 0.29) is 5.91 Å². The zero-order valence-corrected chi connectivity index (χ0v) is 12.9. The number of nitrogens with zero attached hydrogens (tertiary/aromatic N) is 3. The minimum atomic E-state index is 0.0104. The lowest BCUT2D eigenvalue weighted by Crippen LogP contribution is -2.35. The number of amides is 1. The van der Waals surface area contributed by atoms with Crippen LogP contribution in [0.15, 0.2) is 33.4 Å². The zero-order chi connectivity index (χ0) is 15.8. The number of carbonyl (C=O) groups is 1. The zero-order valence-electron chi connectivity index (χ0n) is 12.9. The van der Waals surface area contributed by atoms with E-state index in [9.17, 15) is 4.79 Å². The van der Waals surface area contributed by atoms with Crippen molar-refractivity contribution in [1.29, 1.82) is 0 Å². The second-order valence-corrected chi connectivity index (χ2v) is 5.83. The number of pyridine rings is 1. The van der Waals surface area contributed by atoms with Gasteiger partial charge < -0.3 is 13.8 Å². The maximum atomic E-state index is 13.0. The highest BCUT2D eigenvalue weighted by Crippen LogP contribution is 2.28. The number of furan rings is 1.